The van der Waals surface area contributed by atoms with Gasteiger partial charge in [-0.15, -0.1) is 0 Å². The molecule has 0 aliphatic heterocycles. The van der Waals surface area contributed by atoms with Gasteiger partial charge < -0.3 is 9.15 Å². The van der Waals surface area contributed by atoms with Crippen LogP contribution in [0.25, 0.3) is 11.5 Å². The average Bonchev–Trinajstić information content (AvgIpc) is 3.00. The van der Waals surface area contributed by atoms with Gasteiger partial charge in [-0.1, -0.05) is 32.3 Å². The van der Waals surface area contributed by atoms with E-state index in [-0.39, 0.29) is 0 Å². The summed E-state index contributed by atoms with van der Waals surface area (Å²) in [6.45, 7) is 2.15. The molecule has 1 aromatic heterocycles. The summed E-state index contributed by atoms with van der Waals surface area (Å²) in [4.78, 5) is 4.73. The van der Waals surface area contributed by atoms with Crippen molar-refractivity contribution in [3.63, 3.8) is 0 Å². The van der Waals surface area contributed by atoms with Gasteiger partial charge in [0.05, 0.1) is 12.8 Å². The lowest BCUT2D eigenvalue weighted by Gasteiger charge is -2.19. The van der Waals surface area contributed by atoms with Gasteiger partial charge in [0.1, 0.15) is 11.5 Å². The molecule has 1 aromatic carbocycles. The van der Waals surface area contributed by atoms with Gasteiger partial charge in [-0.2, -0.15) is 0 Å². The van der Waals surface area contributed by atoms with E-state index in [0.29, 0.717) is 5.92 Å². The van der Waals surface area contributed by atoms with Crippen LogP contribution in [0.3, 0.4) is 0 Å². The fourth-order valence-corrected chi connectivity index (χ4v) is 3.18. The number of hydrogen-bond acceptors (Lipinski definition) is 3. The zero-order valence-corrected chi connectivity index (χ0v) is 12.9. The van der Waals surface area contributed by atoms with Crippen molar-refractivity contribution >= 4 is 0 Å². The van der Waals surface area contributed by atoms with E-state index < -0.39 is 0 Å². The minimum absolute atomic E-state index is 0.556. The molecule has 0 amide bonds. The standard InChI is InChI=1S/C18H23NO2/c1-3-16-17(13-8-5-4-6-9-13)21-18(19-16)14-10-7-11-15(12-14)20-2/h7,10-13H,3-6,8-9H2,1-2H3. The molecular formula is C18H23NO2. The Morgan fingerprint density at radius 2 is 2.05 bits per heavy atom. The van der Waals surface area contributed by atoms with Crippen molar-refractivity contribution in [3.8, 4) is 17.2 Å². The highest BCUT2D eigenvalue weighted by molar-refractivity contribution is 5.56. The molecule has 2 aromatic rings. The molecule has 0 saturated heterocycles. The first-order chi connectivity index (χ1) is 10.3. The predicted molar refractivity (Wildman–Crippen MR) is 83.7 cm³/mol. The lowest BCUT2D eigenvalue weighted by atomic mass is 9.86. The molecule has 1 aliphatic rings. The second-order valence-electron chi connectivity index (χ2n) is 5.75. The van der Waals surface area contributed by atoms with Crippen molar-refractivity contribution in [2.45, 2.75) is 51.4 Å². The molecule has 3 heteroatoms. The summed E-state index contributed by atoms with van der Waals surface area (Å²) in [6, 6.07) is 7.92. The number of aromatic nitrogens is 1. The van der Waals surface area contributed by atoms with Crippen LogP contribution in [-0.4, -0.2) is 12.1 Å². The highest BCUT2D eigenvalue weighted by Gasteiger charge is 2.24. The van der Waals surface area contributed by atoms with Crippen LogP contribution in [0.1, 0.15) is 56.4 Å². The summed E-state index contributed by atoms with van der Waals surface area (Å²) < 4.78 is 11.5. The second kappa shape index (κ2) is 6.33. The van der Waals surface area contributed by atoms with Crippen molar-refractivity contribution < 1.29 is 9.15 Å². The van der Waals surface area contributed by atoms with Crippen LogP contribution >= 0.6 is 0 Å². The maximum atomic E-state index is 6.16. The fourth-order valence-electron chi connectivity index (χ4n) is 3.18. The number of oxazole rings is 1. The third-order valence-electron chi connectivity index (χ3n) is 4.36. The Bertz CT molecular complexity index is 597. The molecule has 0 N–H and O–H groups in total. The van der Waals surface area contributed by atoms with Gasteiger partial charge in [-0.3, -0.25) is 0 Å². The molecule has 112 valence electrons. The van der Waals surface area contributed by atoms with E-state index in [4.69, 9.17) is 14.1 Å². The van der Waals surface area contributed by atoms with E-state index in [1.165, 1.54) is 32.1 Å². The van der Waals surface area contributed by atoms with Gasteiger partial charge in [-0.05, 0) is 37.5 Å². The molecule has 0 atom stereocenters. The zero-order valence-electron chi connectivity index (χ0n) is 12.9. The van der Waals surface area contributed by atoms with E-state index in [1.54, 1.807) is 7.11 Å². The zero-order chi connectivity index (χ0) is 14.7. The molecule has 3 rings (SSSR count). The summed E-state index contributed by atoms with van der Waals surface area (Å²) in [6.07, 6.45) is 7.37. The van der Waals surface area contributed by atoms with Gasteiger partial charge >= 0.3 is 0 Å². The quantitative estimate of drug-likeness (QED) is 0.796. The lowest BCUT2D eigenvalue weighted by Crippen LogP contribution is -2.05. The summed E-state index contributed by atoms with van der Waals surface area (Å²) in [5.74, 6) is 3.24. The molecule has 3 nitrogen and oxygen atoms in total. The number of ether oxygens (including phenoxy) is 1. The molecule has 0 unspecified atom stereocenters. The number of methoxy groups -OCH3 is 1. The lowest BCUT2D eigenvalue weighted by molar-refractivity contribution is 0.375. The van der Waals surface area contributed by atoms with Crippen LogP contribution in [0.5, 0.6) is 5.75 Å². The van der Waals surface area contributed by atoms with Crippen LogP contribution in [0.4, 0.5) is 0 Å². The Labute approximate surface area is 126 Å². The van der Waals surface area contributed by atoms with Gasteiger partial charge in [0.25, 0.3) is 0 Å². The molecule has 1 heterocycles. The molecule has 0 radical (unpaired) electrons. The van der Waals surface area contributed by atoms with Crippen LogP contribution in [-0.2, 0) is 6.42 Å². The third-order valence-corrected chi connectivity index (χ3v) is 4.36. The maximum absolute atomic E-state index is 6.16. The first-order valence-electron chi connectivity index (χ1n) is 7.96. The van der Waals surface area contributed by atoms with E-state index in [9.17, 15) is 0 Å². The van der Waals surface area contributed by atoms with Crippen molar-refractivity contribution in [1.82, 2.24) is 4.98 Å². The first kappa shape index (κ1) is 14.2. The van der Waals surface area contributed by atoms with Gasteiger partial charge in [0, 0.05) is 11.5 Å². The smallest absolute Gasteiger partial charge is 0.226 e. The topological polar surface area (TPSA) is 35.3 Å². The Balaban J connectivity index is 1.94. The Morgan fingerprint density at radius 1 is 1.24 bits per heavy atom. The third kappa shape index (κ3) is 2.97. The monoisotopic (exact) mass is 285 g/mol. The molecule has 1 aliphatic carbocycles. The van der Waals surface area contributed by atoms with Gasteiger partial charge in [-0.25, -0.2) is 4.98 Å². The van der Waals surface area contributed by atoms with E-state index >= 15 is 0 Å². The molecular weight excluding hydrogens is 262 g/mol. The summed E-state index contributed by atoms with van der Waals surface area (Å²) in [7, 11) is 1.68. The number of nitrogens with zero attached hydrogens (tertiary/aromatic N) is 1. The molecule has 21 heavy (non-hydrogen) atoms. The number of aryl methyl sites for hydroxylation is 1. The number of hydrogen-bond donors (Lipinski definition) is 0. The van der Waals surface area contributed by atoms with Crippen LogP contribution in [0.2, 0.25) is 0 Å². The van der Waals surface area contributed by atoms with Crippen LogP contribution < -0.4 is 4.74 Å². The SMILES string of the molecule is CCc1nc(-c2cccc(OC)c2)oc1C1CCCCC1. The van der Waals surface area contributed by atoms with Crippen molar-refractivity contribution in [1.29, 1.82) is 0 Å². The van der Waals surface area contributed by atoms with Crippen molar-refractivity contribution in [2.24, 2.45) is 0 Å². The first-order valence-corrected chi connectivity index (χ1v) is 7.96. The maximum Gasteiger partial charge on any atom is 0.226 e. The largest absolute Gasteiger partial charge is 0.497 e. The van der Waals surface area contributed by atoms with Crippen molar-refractivity contribution in [2.75, 3.05) is 7.11 Å². The Morgan fingerprint density at radius 3 is 2.76 bits per heavy atom. The van der Waals surface area contributed by atoms with Gasteiger partial charge in [0.15, 0.2) is 0 Å². The van der Waals surface area contributed by atoms with E-state index in [1.807, 2.05) is 24.3 Å². The number of rotatable bonds is 4. The predicted octanol–water partition coefficient (Wildman–Crippen LogP) is 4.96. The fraction of sp³-hybridized carbons (Fsp3) is 0.500. The molecule has 1 fully saturated rings. The average molecular weight is 285 g/mol. The number of benzene rings is 1. The molecule has 0 spiro atoms. The van der Waals surface area contributed by atoms with Crippen LogP contribution in [0.15, 0.2) is 28.7 Å². The molecule has 1 saturated carbocycles. The minimum Gasteiger partial charge on any atom is -0.497 e. The van der Waals surface area contributed by atoms with E-state index in [0.717, 1.165) is 35.1 Å². The minimum atomic E-state index is 0.556. The summed E-state index contributed by atoms with van der Waals surface area (Å²) in [5.41, 5.74) is 2.12. The second-order valence-corrected chi connectivity index (χ2v) is 5.75. The highest BCUT2D eigenvalue weighted by Crippen LogP contribution is 2.37. The summed E-state index contributed by atoms with van der Waals surface area (Å²) >= 11 is 0. The van der Waals surface area contributed by atoms with E-state index in [2.05, 4.69) is 6.92 Å². The van der Waals surface area contributed by atoms with Crippen LogP contribution in [0, 0.1) is 0 Å². The normalized spacial score (nSPS) is 16.1. The van der Waals surface area contributed by atoms with Gasteiger partial charge in [0.2, 0.25) is 5.89 Å². The summed E-state index contributed by atoms with van der Waals surface area (Å²) in [5, 5.41) is 0. The highest BCUT2D eigenvalue weighted by atomic mass is 16.5. The molecule has 0 bridgehead atoms. The Kier molecular flexibility index (Phi) is 4.28. The Hall–Kier alpha value is -1.77. The van der Waals surface area contributed by atoms with Crippen molar-refractivity contribution in [3.05, 3.63) is 35.7 Å².